The summed E-state index contributed by atoms with van der Waals surface area (Å²) in [6.45, 7) is 1.73. The molecular weight excluding hydrogens is 404 g/mol. The Bertz CT molecular complexity index is 1050. The molecule has 0 unspecified atom stereocenters. The Labute approximate surface area is 180 Å². The largest absolute Gasteiger partial charge is 0.493 e. The van der Waals surface area contributed by atoms with Crippen LogP contribution in [-0.2, 0) is 11.3 Å². The van der Waals surface area contributed by atoms with Gasteiger partial charge in [-0.15, -0.1) is 0 Å². The molecule has 0 aliphatic rings. The topological polar surface area (TPSA) is 68.1 Å². The Morgan fingerprint density at radius 3 is 2.87 bits per heavy atom. The monoisotopic (exact) mass is 428 g/mol. The van der Waals surface area contributed by atoms with E-state index in [0.29, 0.717) is 35.5 Å². The van der Waals surface area contributed by atoms with Crippen LogP contribution >= 0.6 is 11.6 Å². The van der Waals surface area contributed by atoms with Gasteiger partial charge in [0.05, 0.1) is 12.8 Å². The van der Waals surface area contributed by atoms with Gasteiger partial charge in [0.1, 0.15) is 12.3 Å². The van der Waals surface area contributed by atoms with Gasteiger partial charge in [-0.05, 0) is 50.0 Å². The molecule has 0 saturated carbocycles. The number of nitrogens with zero attached hydrogens (tertiary/aromatic N) is 3. The van der Waals surface area contributed by atoms with Crippen molar-refractivity contribution >= 4 is 29.2 Å². The first-order valence-electron chi connectivity index (χ1n) is 9.51. The van der Waals surface area contributed by atoms with E-state index in [1.54, 1.807) is 13.2 Å². The van der Waals surface area contributed by atoms with Crippen LogP contribution in [0.15, 0.2) is 48.7 Å². The summed E-state index contributed by atoms with van der Waals surface area (Å²) < 4.78 is 13.0. The van der Waals surface area contributed by atoms with Crippen LogP contribution in [0.1, 0.15) is 11.3 Å². The van der Waals surface area contributed by atoms with Crippen LogP contribution in [-0.4, -0.2) is 54.5 Å². The number of amides is 1. The number of imidazole rings is 1. The Kier molecular flexibility index (Phi) is 7.32. The molecule has 0 bridgehead atoms. The van der Waals surface area contributed by atoms with Gasteiger partial charge in [0.25, 0.3) is 0 Å². The molecule has 1 N–H and O–H groups in total. The summed E-state index contributed by atoms with van der Waals surface area (Å²) in [4.78, 5) is 18.6. The SMILES string of the molecule is COc1cc(CNC(=O)/C=C/c2c(Cl)nc3ccccn23)ccc1OCCN(C)C. The molecular formula is C22H25ClN4O3. The summed E-state index contributed by atoms with van der Waals surface area (Å²) in [6.07, 6.45) is 4.94. The molecule has 0 aliphatic carbocycles. The number of likely N-dealkylation sites (N-methyl/N-ethyl adjacent to an activating group) is 1. The number of rotatable bonds is 9. The molecule has 30 heavy (non-hydrogen) atoms. The van der Waals surface area contributed by atoms with Crippen LogP contribution in [0, 0.1) is 0 Å². The minimum absolute atomic E-state index is 0.234. The molecule has 7 nitrogen and oxygen atoms in total. The highest BCUT2D eigenvalue weighted by atomic mass is 35.5. The minimum Gasteiger partial charge on any atom is -0.493 e. The standard InChI is InChI=1S/C22H25ClN4O3/c1-26(2)12-13-30-18-9-7-16(14-19(18)29-3)15-24-21(28)10-8-17-22(23)25-20-6-4-5-11-27(17)20/h4-11,14H,12-13,15H2,1-3H3,(H,24,28)/b10-8+. The van der Waals surface area contributed by atoms with Crippen LogP contribution < -0.4 is 14.8 Å². The maximum Gasteiger partial charge on any atom is 0.244 e. The predicted molar refractivity (Wildman–Crippen MR) is 118 cm³/mol. The molecule has 0 aliphatic heterocycles. The van der Waals surface area contributed by atoms with Crippen LogP contribution in [0.25, 0.3) is 11.7 Å². The fourth-order valence-electron chi connectivity index (χ4n) is 2.82. The third kappa shape index (κ3) is 5.52. The average Bonchev–Trinajstić information content (AvgIpc) is 3.06. The van der Waals surface area contributed by atoms with Gasteiger partial charge in [-0.3, -0.25) is 9.20 Å². The summed E-state index contributed by atoms with van der Waals surface area (Å²) in [5, 5.41) is 3.20. The quantitative estimate of drug-likeness (QED) is 0.530. The van der Waals surface area contributed by atoms with Gasteiger partial charge >= 0.3 is 0 Å². The van der Waals surface area contributed by atoms with Crippen molar-refractivity contribution < 1.29 is 14.3 Å². The number of fused-ring (bicyclic) bond motifs is 1. The van der Waals surface area contributed by atoms with Crippen molar-refractivity contribution in [3.05, 3.63) is 65.1 Å². The molecule has 0 spiro atoms. The van der Waals surface area contributed by atoms with E-state index in [0.717, 1.165) is 17.8 Å². The van der Waals surface area contributed by atoms with Gasteiger partial charge < -0.3 is 19.7 Å². The maximum absolute atomic E-state index is 12.3. The van der Waals surface area contributed by atoms with Crippen molar-refractivity contribution in [2.45, 2.75) is 6.54 Å². The van der Waals surface area contributed by atoms with Gasteiger partial charge in [0.2, 0.25) is 5.91 Å². The maximum atomic E-state index is 12.3. The van der Waals surface area contributed by atoms with Crippen molar-refractivity contribution in [3.63, 3.8) is 0 Å². The Morgan fingerprint density at radius 1 is 1.27 bits per heavy atom. The molecule has 2 aromatic heterocycles. The molecule has 1 amide bonds. The zero-order valence-corrected chi connectivity index (χ0v) is 18.0. The van der Waals surface area contributed by atoms with E-state index >= 15 is 0 Å². The van der Waals surface area contributed by atoms with Crippen molar-refractivity contribution in [2.75, 3.05) is 34.4 Å². The first-order valence-corrected chi connectivity index (χ1v) is 9.88. The highest BCUT2D eigenvalue weighted by Gasteiger charge is 2.09. The summed E-state index contributed by atoms with van der Waals surface area (Å²) >= 11 is 6.18. The first kappa shape index (κ1) is 21.7. The average molecular weight is 429 g/mol. The number of halogens is 1. The lowest BCUT2D eigenvalue weighted by Gasteiger charge is -2.14. The molecule has 1 aromatic carbocycles. The lowest BCUT2D eigenvalue weighted by molar-refractivity contribution is -0.116. The molecule has 0 atom stereocenters. The van der Waals surface area contributed by atoms with Crippen molar-refractivity contribution in [1.82, 2.24) is 19.6 Å². The summed E-state index contributed by atoms with van der Waals surface area (Å²) in [5.41, 5.74) is 2.28. The van der Waals surface area contributed by atoms with E-state index in [9.17, 15) is 4.79 Å². The first-order chi connectivity index (χ1) is 14.5. The van der Waals surface area contributed by atoms with E-state index in [4.69, 9.17) is 21.1 Å². The summed E-state index contributed by atoms with van der Waals surface area (Å²) in [7, 11) is 5.58. The smallest absolute Gasteiger partial charge is 0.244 e. The van der Waals surface area contributed by atoms with Crippen LogP contribution in [0.3, 0.4) is 0 Å². The fraction of sp³-hybridized carbons (Fsp3) is 0.273. The molecule has 3 rings (SSSR count). The third-order valence-electron chi connectivity index (χ3n) is 4.41. The Morgan fingerprint density at radius 2 is 2.10 bits per heavy atom. The predicted octanol–water partition coefficient (Wildman–Crippen LogP) is 3.27. The number of hydrogen-bond acceptors (Lipinski definition) is 5. The third-order valence-corrected chi connectivity index (χ3v) is 4.68. The number of hydrogen-bond donors (Lipinski definition) is 1. The molecule has 3 aromatic rings. The van der Waals surface area contributed by atoms with Crippen molar-refractivity contribution in [2.24, 2.45) is 0 Å². The van der Waals surface area contributed by atoms with Gasteiger partial charge in [0.15, 0.2) is 16.7 Å². The molecule has 8 heteroatoms. The zero-order chi connectivity index (χ0) is 21.5. The number of pyridine rings is 1. The van der Waals surface area contributed by atoms with Crippen molar-refractivity contribution in [3.8, 4) is 11.5 Å². The van der Waals surface area contributed by atoms with E-state index < -0.39 is 0 Å². The second-order valence-corrected chi connectivity index (χ2v) is 7.26. The van der Waals surface area contributed by atoms with Gasteiger partial charge in [-0.1, -0.05) is 23.7 Å². The number of benzene rings is 1. The summed E-state index contributed by atoms with van der Waals surface area (Å²) in [6, 6.07) is 11.2. The number of nitrogens with one attached hydrogen (secondary N) is 1. The van der Waals surface area contributed by atoms with Crippen molar-refractivity contribution in [1.29, 1.82) is 0 Å². The van der Waals surface area contributed by atoms with E-state index in [1.165, 1.54) is 6.08 Å². The normalized spacial score (nSPS) is 11.4. The molecule has 2 heterocycles. The summed E-state index contributed by atoms with van der Waals surface area (Å²) in [5.74, 6) is 1.08. The van der Waals surface area contributed by atoms with E-state index in [-0.39, 0.29) is 5.91 Å². The van der Waals surface area contributed by atoms with Crippen LogP contribution in [0.5, 0.6) is 11.5 Å². The molecule has 158 valence electrons. The van der Waals surface area contributed by atoms with E-state index in [1.807, 2.05) is 66.0 Å². The number of ether oxygens (including phenoxy) is 2. The van der Waals surface area contributed by atoms with Crippen LogP contribution in [0.4, 0.5) is 0 Å². The lowest BCUT2D eigenvalue weighted by atomic mass is 10.2. The number of carbonyl (C=O) groups is 1. The van der Waals surface area contributed by atoms with E-state index in [2.05, 4.69) is 10.3 Å². The molecule has 0 radical (unpaired) electrons. The number of methoxy groups -OCH3 is 1. The Hall–Kier alpha value is -3.03. The van der Waals surface area contributed by atoms with Gasteiger partial charge in [-0.2, -0.15) is 0 Å². The number of aromatic nitrogens is 2. The second-order valence-electron chi connectivity index (χ2n) is 6.90. The van der Waals surface area contributed by atoms with Crippen LogP contribution in [0.2, 0.25) is 5.15 Å². The highest BCUT2D eigenvalue weighted by Crippen LogP contribution is 2.28. The fourth-order valence-corrected chi connectivity index (χ4v) is 3.06. The molecule has 0 saturated heterocycles. The van der Waals surface area contributed by atoms with Gasteiger partial charge in [0, 0.05) is 25.4 Å². The highest BCUT2D eigenvalue weighted by molar-refractivity contribution is 6.31. The second kappa shape index (κ2) is 10.1. The minimum atomic E-state index is -0.234. The Balaban J connectivity index is 1.60. The lowest BCUT2D eigenvalue weighted by Crippen LogP contribution is -2.20. The zero-order valence-electron chi connectivity index (χ0n) is 17.3. The van der Waals surface area contributed by atoms with Gasteiger partial charge in [-0.25, -0.2) is 4.98 Å². The molecule has 0 fully saturated rings. The number of carbonyl (C=O) groups excluding carboxylic acids is 1.